The van der Waals surface area contributed by atoms with E-state index in [0.717, 1.165) is 18.7 Å². The SMILES string of the molecule is CNCC1CC(c2cnccn2)NN1. The van der Waals surface area contributed by atoms with Crippen LogP contribution in [0.4, 0.5) is 0 Å². The van der Waals surface area contributed by atoms with E-state index >= 15 is 0 Å². The van der Waals surface area contributed by atoms with Crippen LogP contribution in [0.3, 0.4) is 0 Å². The number of hydrazine groups is 1. The second kappa shape index (κ2) is 4.45. The van der Waals surface area contributed by atoms with Crippen LogP contribution < -0.4 is 16.2 Å². The van der Waals surface area contributed by atoms with Crippen molar-refractivity contribution in [2.45, 2.75) is 18.5 Å². The van der Waals surface area contributed by atoms with Crippen molar-refractivity contribution in [3.8, 4) is 0 Å². The van der Waals surface area contributed by atoms with Gasteiger partial charge in [-0.05, 0) is 13.5 Å². The van der Waals surface area contributed by atoms with E-state index in [-0.39, 0.29) is 6.04 Å². The molecule has 2 unspecified atom stereocenters. The van der Waals surface area contributed by atoms with Gasteiger partial charge in [-0.2, -0.15) is 0 Å². The van der Waals surface area contributed by atoms with Gasteiger partial charge in [0.1, 0.15) is 0 Å². The molecule has 5 heteroatoms. The topological polar surface area (TPSA) is 61.9 Å². The van der Waals surface area contributed by atoms with Gasteiger partial charge in [0.05, 0.1) is 17.9 Å². The standard InChI is InChI=1S/C9H15N5/c1-10-5-7-4-8(14-13-7)9-6-11-2-3-12-9/h2-3,6-8,10,13-14H,4-5H2,1H3. The van der Waals surface area contributed by atoms with Gasteiger partial charge in [0.25, 0.3) is 0 Å². The molecule has 5 nitrogen and oxygen atoms in total. The molecule has 14 heavy (non-hydrogen) atoms. The molecule has 1 aliphatic rings. The zero-order chi connectivity index (χ0) is 9.80. The zero-order valence-electron chi connectivity index (χ0n) is 8.20. The minimum Gasteiger partial charge on any atom is -0.318 e. The Hall–Kier alpha value is -1.04. The van der Waals surface area contributed by atoms with Crippen LogP contribution in [0.15, 0.2) is 18.6 Å². The van der Waals surface area contributed by atoms with Crippen molar-refractivity contribution in [3.05, 3.63) is 24.3 Å². The third kappa shape index (κ3) is 2.06. The molecule has 0 spiro atoms. The highest BCUT2D eigenvalue weighted by atomic mass is 15.4. The maximum atomic E-state index is 4.27. The summed E-state index contributed by atoms with van der Waals surface area (Å²) in [5.41, 5.74) is 7.44. The van der Waals surface area contributed by atoms with Gasteiger partial charge < -0.3 is 5.32 Å². The maximum absolute atomic E-state index is 4.27. The average Bonchev–Trinajstić information content (AvgIpc) is 2.68. The fourth-order valence-corrected chi connectivity index (χ4v) is 1.69. The van der Waals surface area contributed by atoms with E-state index < -0.39 is 0 Å². The largest absolute Gasteiger partial charge is 0.318 e. The van der Waals surface area contributed by atoms with Crippen molar-refractivity contribution in [3.63, 3.8) is 0 Å². The highest BCUT2D eigenvalue weighted by molar-refractivity contribution is 5.05. The molecule has 1 aromatic rings. The molecule has 0 radical (unpaired) electrons. The number of aromatic nitrogens is 2. The molecule has 1 saturated heterocycles. The Morgan fingerprint density at radius 3 is 3.14 bits per heavy atom. The normalized spacial score (nSPS) is 26.6. The van der Waals surface area contributed by atoms with Crippen LogP contribution >= 0.6 is 0 Å². The van der Waals surface area contributed by atoms with Crippen molar-refractivity contribution in [2.75, 3.05) is 13.6 Å². The predicted octanol–water partition coefficient (Wildman–Crippen LogP) is -0.396. The molecule has 0 aliphatic carbocycles. The molecule has 1 aromatic heterocycles. The van der Waals surface area contributed by atoms with Crippen LogP contribution in [0.1, 0.15) is 18.2 Å². The monoisotopic (exact) mass is 193 g/mol. The molecule has 1 aliphatic heterocycles. The van der Waals surface area contributed by atoms with Crippen molar-refractivity contribution in [1.82, 2.24) is 26.1 Å². The first-order chi connectivity index (χ1) is 6.90. The fourth-order valence-electron chi connectivity index (χ4n) is 1.69. The lowest BCUT2D eigenvalue weighted by atomic mass is 10.1. The van der Waals surface area contributed by atoms with Gasteiger partial charge in [-0.25, -0.2) is 5.43 Å². The number of hydrogen-bond donors (Lipinski definition) is 3. The van der Waals surface area contributed by atoms with E-state index in [1.165, 1.54) is 0 Å². The number of hydrogen-bond acceptors (Lipinski definition) is 5. The van der Waals surface area contributed by atoms with Crippen LogP contribution in [-0.2, 0) is 0 Å². The molecular weight excluding hydrogens is 178 g/mol. The molecule has 2 heterocycles. The van der Waals surface area contributed by atoms with Crippen LogP contribution in [0.25, 0.3) is 0 Å². The summed E-state index contributed by atoms with van der Waals surface area (Å²) in [7, 11) is 1.96. The molecule has 0 amide bonds. The van der Waals surface area contributed by atoms with Crippen molar-refractivity contribution >= 4 is 0 Å². The number of nitrogens with one attached hydrogen (secondary N) is 3. The summed E-state index contributed by atoms with van der Waals surface area (Å²) < 4.78 is 0. The minimum absolute atomic E-state index is 0.280. The second-order valence-corrected chi connectivity index (χ2v) is 3.46. The zero-order valence-corrected chi connectivity index (χ0v) is 8.20. The Balaban J connectivity index is 1.96. The van der Waals surface area contributed by atoms with Gasteiger partial charge in [-0.3, -0.25) is 15.4 Å². The Labute approximate surface area is 83.3 Å². The lowest BCUT2D eigenvalue weighted by Gasteiger charge is -2.07. The van der Waals surface area contributed by atoms with Crippen LogP contribution in [-0.4, -0.2) is 29.6 Å². The third-order valence-corrected chi connectivity index (χ3v) is 2.37. The summed E-state index contributed by atoms with van der Waals surface area (Å²) >= 11 is 0. The van der Waals surface area contributed by atoms with Gasteiger partial charge in [0.15, 0.2) is 0 Å². The van der Waals surface area contributed by atoms with E-state index in [4.69, 9.17) is 0 Å². The van der Waals surface area contributed by atoms with Crippen LogP contribution in [0.2, 0.25) is 0 Å². The van der Waals surface area contributed by atoms with Gasteiger partial charge >= 0.3 is 0 Å². The Morgan fingerprint density at radius 2 is 2.43 bits per heavy atom. The van der Waals surface area contributed by atoms with E-state index in [9.17, 15) is 0 Å². The molecule has 3 N–H and O–H groups in total. The first-order valence-corrected chi connectivity index (χ1v) is 4.81. The van der Waals surface area contributed by atoms with E-state index in [2.05, 4.69) is 26.1 Å². The molecule has 0 saturated carbocycles. The second-order valence-electron chi connectivity index (χ2n) is 3.46. The van der Waals surface area contributed by atoms with E-state index in [1.807, 2.05) is 7.05 Å². The van der Waals surface area contributed by atoms with Crippen LogP contribution in [0, 0.1) is 0 Å². The summed E-state index contributed by atoms with van der Waals surface area (Å²) in [5.74, 6) is 0. The molecule has 0 bridgehead atoms. The summed E-state index contributed by atoms with van der Waals surface area (Å²) in [6.07, 6.45) is 6.26. The number of nitrogens with zero attached hydrogens (tertiary/aromatic N) is 2. The van der Waals surface area contributed by atoms with Gasteiger partial charge in [-0.1, -0.05) is 0 Å². The molecule has 0 aromatic carbocycles. The lowest BCUT2D eigenvalue weighted by Crippen LogP contribution is -2.36. The predicted molar refractivity (Wildman–Crippen MR) is 53.4 cm³/mol. The average molecular weight is 193 g/mol. The fraction of sp³-hybridized carbons (Fsp3) is 0.556. The van der Waals surface area contributed by atoms with E-state index in [1.54, 1.807) is 18.6 Å². The van der Waals surface area contributed by atoms with Gasteiger partial charge in [0.2, 0.25) is 0 Å². The molecular formula is C9H15N5. The smallest absolute Gasteiger partial charge is 0.0770 e. The first kappa shape index (κ1) is 9.51. The highest BCUT2D eigenvalue weighted by Gasteiger charge is 2.24. The van der Waals surface area contributed by atoms with Crippen molar-refractivity contribution in [2.24, 2.45) is 0 Å². The lowest BCUT2D eigenvalue weighted by molar-refractivity contribution is 0.522. The van der Waals surface area contributed by atoms with Gasteiger partial charge in [-0.15, -0.1) is 0 Å². The summed E-state index contributed by atoms with van der Waals surface area (Å²) in [6.45, 7) is 0.962. The summed E-state index contributed by atoms with van der Waals surface area (Å²) in [5, 5.41) is 3.14. The summed E-state index contributed by atoms with van der Waals surface area (Å²) in [6, 6.07) is 0.744. The van der Waals surface area contributed by atoms with Gasteiger partial charge in [0, 0.05) is 25.0 Å². The molecule has 2 rings (SSSR count). The molecule has 1 fully saturated rings. The minimum atomic E-state index is 0.280. The van der Waals surface area contributed by atoms with Crippen LogP contribution in [0.5, 0.6) is 0 Å². The Bertz CT molecular complexity index is 276. The number of rotatable bonds is 3. The van der Waals surface area contributed by atoms with E-state index in [0.29, 0.717) is 6.04 Å². The Kier molecular flexibility index (Phi) is 3.03. The maximum Gasteiger partial charge on any atom is 0.0770 e. The number of likely N-dealkylation sites (N-methyl/N-ethyl adjacent to an activating group) is 1. The molecule has 76 valence electrons. The van der Waals surface area contributed by atoms with Crippen molar-refractivity contribution < 1.29 is 0 Å². The highest BCUT2D eigenvalue weighted by Crippen LogP contribution is 2.18. The van der Waals surface area contributed by atoms with Crippen molar-refractivity contribution in [1.29, 1.82) is 0 Å². The molecule has 2 atom stereocenters. The third-order valence-electron chi connectivity index (χ3n) is 2.37. The Morgan fingerprint density at radius 1 is 1.50 bits per heavy atom. The summed E-state index contributed by atoms with van der Waals surface area (Å²) in [4.78, 5) is 8.32. The quantitative estimate of drug-likeness (QED) is 0.610. The first-order valence-electron chi connectivity index (χ1n) is 4.81.